The van der Waals surface area contributed by atoms with Crippen molar-refractivity contribution in [3.63, 3.8) is 0 Å². The van der Waals surface area contributed by atoms with Gasteiger partial charge in [0.05, 0.1) is 43.9 Å². The number of aromatic nitrogens is 2. The molecule has 0 radical (unpaired) electrons. The van der Waals surface area contributed by atoms with Crippen molar-refractivity contribution >= 4 is 41.6 Å². The van der Waals surface area contributed by atoms with Crippen LogP contribution in [0, 0.1) is 10.8 Å². The Balaban J connectivity index is 3.08. The summed E-state index contributed by atoms with van der Waals surface area (Å²) in [6, 6.07) is 0.860. The minimum Gasteiger partial charge on any atom is -0.395 e. The number of hydrogen-bond acceptors (Lipinski definition) is 15. The molecule has 1 rings (SSSR count). The average molecular weight is 678 g/mol. The predicted octanol–water partition coefficient (Wildman–Crippen LogP) is 0.424. The van der Waals surface area contributed by atoms with Gasteiger partial charge in [0.15, 0.2) is 10.2 Å². The normalized spacial score (nSPS) is 15.6. The largest absolute Gasteiger partial charge is 0.474 e. The molecular formula is C24H41FN3O12PS2. The molecular weight excluding hydrogens is 636 g/mol. The monoisotopic (exact) mass is 677 g/mol. The molecule has 3 atom stereocenters. The van der Waals surface area contributed by atoms with Crippen LogP contribution in [-0.4, -0.2) is 105 Å². The maximum atomic E-state index is 15.3. The zero-order valence-electron chi connectivity index (χ0n) is 24.6. The summed E-state index contributed by atoms with van der Waals surface area (Å²) in [4.78, 5) is 49.8. The van der Waals surface area contributed by atoms with E-state index >= 15 is 4.39 Å². The maximum absolute atomic E-state index is 15.3. The lowest BCUT2D eigenvalue weighted by Gasteiger charge is -2.37. The van der Waals surface area contributed by atoms with Crippen LogP contribution in [0.2, 0.25) is 0 Å². The van der Waals surface area contributed by atoms with E-state index in [-0.39, 0.29) is 35.0 Å². The van der Waals surface area contributed by atoms with Crippen molar-refractivity contribution in [3.8, 4) is 0 Å². The second kappa shape index (κ2) is 17.3. The molecule has 43 heavy (non-hydrogen) atoms. The van der Waals surface area contributed by atoms with Gasteiger partial charge in [-0.2, -0.15) is 0 Å². The molecule has 0 saturated carbocycles. The van der Waals surface area contributed by atoms with Crippen LogP contribution in [0.1, 0.15) is 34.0 Å². The minimum atomic E-state index is -4.55. The van der Waals surface area contributed by atoms with Crippen molar-refractivity contribution in [1.29, 1.82) is 0 Å². The summed E-state index contributed by atoms with van der Waals surface area (Å²) in [5.74, 6) is -0.0406. The van der Waals surface area contributed by atoms with Crippen molar-refractivity contribution in [2.45, 2.75) is 45.7 Å². The van der Waals surface area contributed by atoms with Crippen LogP contribution in [0.4, 0.5) is 4.39 Å². The van der Waals surface area contributed by atoms with Gasteiger partial charge in [0.2, 0.25) is 6.30 Å². The Hall–Kier alpha value is -1.44. The third-order valence-corrected chi connectivity index (χ3v) is 9.98. The van der Waals surface area contributed by atoms with Crippen molar-refractivity contribution in [3.05, 3.63) is 33.1 Å². The van der Waals surface area contributed by atoms with Crippen LogP contribution >= 0.6 is 31.3 Å². The third-order valence-electron chi connectivity index (χ3n) is 6.16. The van der Waals surface area contributed by atoms with E-state index < -0.39 is 74.3 Å². The van der Waals surface area contributed by atoms with Gasteiger partial charge in [0, 0.05) is 37.4 Å². The molecule has 15 nitrogen and oxygen atoms in total. The van der Waals surface area contributed by atoms with Crippen LogP contribution in [0.5, 0.6) is 0 Å². The first-order valence-corrected chi connectivity index (χ1v) is 16.4. The maximum Gasteiger partial charge on any atom is 0.474 e. The van der Waals surface area contributed by atoms with Gasteiger partial charge in [-0.15, -0.1) is 0 Å². The number of carbonyl (C=O) groups is 2. The van der Waals surface area contributed by atoms with Gasteiger partial charge >= 0.3 is 13.5 Å². The van der Waals surface area contributed by atoms with E-state index in [0.29, 0.717) is 4.57 Å². The molecule has 248 valence electrons. The first-order valence-electron chi connectivity index (χ1n) is 12.9. The van der Waals surface area contributed by atoms with E-state index in [1.165, 1.54) is 0 Å². The summed E-state index contributed by atoms with van der Waals surface area (Å²) in [5.41, 5.74) is -0.345. The second-order valence-electron chi connectivity index (χ2n) is 10.6. The number of ether oxygens (including phenoxy) is 1. The Kier molecular flexibility index (Phi) is 15.9. The van der Waals surface area contributed by atoms with Crippen molar-refractivity contribution < 1.29 is 52.2 Å². The van der Waals surface area contributed by atoms with Crippen LogP contribution < -0.4 is 17.0 Å². The first-order chi connectivity index (χ1) is 19.9. The van der Waals surface area contributed by atoms with E-state index in [1.807, 2.05) is 4.98 Å². The molecule has 1 aromatic heterocycles. The molecule has 0 saturated heterocycles. The van der Waals surface area contributed by atoms with E-state index in [9.17, 15) is 39.1 Å². The third kappa shape index (κ3) is 11.5. The zero-order chi connectivity index (χ0) is 33.1. The molecule has 1 heterocycles. The van der Waals surface area contributed by atoms with Crippen molar-refractivity contribution in [1.82, 2.24) is 9.55 Å². The van der Waals surface area contributed by atoms with Crippen molar-refractivity contribution in [2.24, 2.45) is 16.6 Å². The fourth-order valence-corrected chi connectivity index (χ4v) is 6.03. The standard InChI is InChI=1S/C24H41FN3O12PS2/c1-22(2,13-29)19(33)42-10-8-38-41(36,39-9-11-43-20(34)23(3,4)14-30)40-15-24(12-26,37-5)17(32)18(25)28-7-6-16(31)27-21(28)35/h6-7,17-18,29-30,32H,8-15,26H2,1-5H3,(H,27,31,35)/t17-,18-,24+/m0/s1. The number of phosphoric acid groups is 1. The summed E-state index contributed by atoms with van der Waals surface area (Å²) in [5, 5.41) is 28.8. The van der Waals surface area contributed by atoms with E-state index in [4.69, 9.17) is 24.0 Å². The highest BCUT2D eigenvalue weighted by Crippen LogP contribution is 2.50. The Morgan fingerprint density at radius 3 is 1.93 bits per heavy atom. The number of methoxy groups -OCH3 is 1. The van der Waals surface area contributed by atoms with Crippen LogP contribution in [0.15, 0.2) is 21.9 Å². The van der Waals surface area contributed by atoms with Gasteiger partial charge in [-0.3, -0.25) is 37.5 Å². The van der Waals surface area contributed by atoms with Gasteiger partial charge in [0.25, 0.3) is 5.56 Å². The number of phosphoric ester groups is 1. The number of H-pyrrole nitrogens is 1. The number of carbonyl (C=O) groups excluding carboxylic acids is 2. The number of nitrogens with zero attached hydrogens (tertiary/aromatic N) is 1. The van der Waals surface area contributed by atoms with Crippen molar-refractivity contribution in [2.75, 3.05) is 58.2 Å². The summed E-state index contributed by atoms with van der Waals surface area (Å²) < 4.78 is 50.5. The van der Waals surface area contributed by atoms with Gasteiger partial charge < -0.3 is 25.8 Å². The molecule has 0 aromatic carbocycles. The molecule has 19 heteroatoms. The average Bonchev–Trinajstić information content (AvgIpc) is 2.97. The van der Waals surface area contributed by atoms with Crippen LogP contribution in [0.25, 0.3) is 0 Å². The highest BCUT2D eigenvalue weighted by molar-refractivity contribution is 8.14. The number of rotatable bonds is 20. The summed E-state index contributed by atoms with van der Waals surface area (Å²) in [6.07, 6.45) is -3.87. The molecule has 6 N–H and O–H groups in total. The summed E-state index contributed by atoms with van der Waals surface area (Å²) in [7, 11) is -3.49. The number of nitrogens with two attached hydrogens (primary N) is 1. The Labute approximate surface area is 256 Å². The summed E-state index contributed by atoms with van der Waals surface area (Å²) >= 11 is 1.61. The van der Waals surface area contributed by atoms with E-state index in [1.54, 1.807) is 27.7 Å². The van der Waals surface area contributed by atoms with Gasteiger partial charge in [-0.25, -0.2) is 13.8 Å². The SMILES string of the molecule is CO[C@](CN)(COP(=O)(OCCSC(=O)C(C)(C)CO)OCCSC(=O)C(C)(C)CO)[C@@H](O)[C@@H](F)n1ccc(=O)[nH]c1=O. The van der Waals surface area contributed by atoms with Crippen LogP contribution in [-0.2, 0) is 32.5 Å². The quantitative estimate of drug-likeness (QED) is 0.0930. The Morgan fingerprint density at radius 1 is 1.05 bits per heavy atom. The Bertz CT molecular complexity index is 1180. The molecule has 0 fully saturated rings. The minimum absolute atomic E-state index is 0.0203. The second-order valence-corrected chi connectivity index (χ2v) is 14.4. The fourth-order valence-electron chi connectivity index (χ4n) is 2.94. The number of aliphatic hydroxyl groups excluding tert-OH is 3. The number of halogens is 1. The van der Waals surface area contributed by atoms with E-state index in [0.717, 1.165) is 42.9 Å². The molecule has 0 aliphatic heterocycles. The van der Waals surface area contributed by atoms with Gasteiger partial charge in [0.1, 0.15) is 11.7 Å². The summed E-state index contributed by atoms with van der Waals surface area (Å²) in [6.45, 7) is 3.21. The molecule has 0 unspecified atom stereocenters. The predicted molar refractivity (Wildman–Crippen MR) is 158 cm³/mol. The lowest BCUT2D eigenvalue weighted by molar-refractivity contribution is -0.157. The van der Waals surface area contributed by atoms with Crippen LogP contribution in [0.3, 0.4) is 0 Å². The fraction of sp³-hybridized carbons (Fsp3) is 0.750. The first kappa shape index (κ1) is 39.6. The molecule has 0 bridgehead atoms. The van der Waals surface area contributed by atoms with Gasteiger partial charge in [-0.05, 0) is 27.7 Å². The lowest BCUT2D eigenvalue weighted by Crippen LogP contribution is -2.57. The topological polar surface area (TPSA) is 230 Å². The number of aromatic amines is 1. The number of alkyl halides is 1. The molecule has 0 spiro atoms. The number of thioether (sulfide) groups is 2. The molecule has 0 amide bonds. The number of nitrogens with one attached hydrogen (secondary N) is 1. The highest BCUT2D eigenvalue weighted by atomic mass is 32.2. The van der Waals surface area contributed by atoms with E-state index in [2.05, 4.69) is 0 Å². The van der Waals surface area contributed by atoms with Gasteiger partial charge in [-0.1, -0.05) is 23.5 Å². The lowest BCUT2D eigenvalue weighted by atomic mass is 9.96. The highest BCUT2D eigenvalue weighted by Gasteiger charge is 2.46. The smallest absolute Gasteiger partial charge is 0.395 e. The number of hydrogen-bond donors (Lipinski definition) is 5. The molecule has 0 aliphatic rings. The molecule has 0 aliphatic carbocycles. The number of aliphatic hydroxyl groups is 3. The Morgan fingerprint density at radius 2 is 1.53 bits per heavy atom. The zero-order valence-corrected chi connectivity index (χ0v) is 27.2. The molecule has 1 aromatic rings.